The van der Waals surface area contributed by atoms with Crippen LogP contribution < -0.4 is 16.4 Å². The minimum Gasteiger partial charge on any atom is -0.475 e. The molecule has 0 spiro atoms. The summed E-state index contributed by atoms with van der Waals surface area (Å²) in [6, 6.07) is 5.88. The number of nitrogens with two attached hydrogens (primary N) is 2. The summed E-state index contributed by atoms with van der Waals surface area (Å²) in [5.41, 5.74) is 15.2. The van der Waals surface area contributed by atoms with Gasteiger partial charge in [-0.2, -0.15) is 23.3 Å². The number of nitrogens with zero attached hydrogens (tertiary/aromatic N) is 6. The molecule has 0 atom stereocenters. The fourth-order valence-electron chi connectivity index (χ4n) is 3.19. The lowest BCUT2D eigenvalue weighted by Crippen LogP contribution is -2.21. The van der Waals surface area contributed by atoms with Crippen LogP contribution in [0.5, 0.6) is 0 Å². The molecule has 0 fully saturated rings. The van der Waals surface area contributed by atoms with Gasteiger partial charge in [0, 0.05) is 26.2 Å². The molecule has 5 N–H and O–H groups in total. The van der Waals surface area contributed by atoms with Crippen molar-refractivity contribution in [1.29, 1.82) is 0 Å². The van der Waals surface area contributed by atoms with Crippen LogP contribution in [0.4, 0.5) is 25.0 Å². The summed E-state index contributed by atoms with van der Waals surface area (Å²) in [6.45, 7) is 1.41. The number of benzene rings is 1. The Hall–Kier alpha value is -3.94. The van der Waals surface area contributed by atoms with E-state index in [2.05, 4.69) is 15.0 Å². The molecule has 3 aromatic heterocycles. The molecule has 3 heterocycles. The van der Waals surface area contributed by atoms with Gasteiger partial charge in [-0.05, 0) is 37.6 Å². The first kappa shape index (κ1) is 24.7. The SMILES string of the molecule is CN(C)c1ncnc2c1c(-c1ccc3oc(N)nc3c1)nn2CCCCN.O=C(O)C(F)(F)F. The Morgan fingerprint density at radius 2 is 1.94 bits per heavy atom. The second-order valence-electron chi connectivity index (χ2n) is 7.40. The predicted molar refractivity (Wildman–Crippen MR) is 119 cm³/mol. The molecule has 182 valence electrons. The van der Waals surface area contributed by atoms with E-state index in [-0.39, 0.29) is 6.01 Å². The second kappa shape index (κ2) is 9.91. The van der Waals surface area contributed by atoms with Crippen LogP contribution in [0, 0.1) is 0 Å². The number of nitrogen functional groups attached to an aromatic ring is 1. The number of alkyl halides is 3. The Kier molecular flexibility index (Phi) is 7.20. The van der Waals surface area contributed by atoms with E-state index in [0.717, 1.165) is 47.5 Å². The predicted octanol–water partition coefficient (Wildman–Crippen LogP) is 2.65. The van der Waals surface area contributed by atoms with Gasteiger partial charge >= 0.3 is 12.1 Å². The number of unbranched alkanes of at least 4 members (excludes halogenated alkanes) is 1. The van der Waals surface area contributed by atoms with E-state index in [1.807, 2.05) is 41.9 Å². The van der Waals surface area contributed by atoms with E-state index < -0.39 is 12.1 Å². The Bertz CT molecular complexity index is 1300. The molecule has 34 heavy (non-hydrogen) atoms. The lowest BCUT2D eigenvalue weighted by molar-refractivity contribution is -0.192. The standard InChI is InChI=1S/C18H22N8O.C2HF3O2/c1-25(2)16-14-15(11-5-6-13-12(9-11)23-18(20)27-13)24-26(8-4-3-7-19)17(14)22-10-21-16;3-2(4,5)1(6)7/h5-6,9-10H,3-4,7-8,19H2,1-2H3,(H2,20,23);(H,6,7). The maximum atomic E-state index is 10.6. The molecule has 0 bridgehead atoms. The number of carboxylic acid groups (broad SMARTS) is 1. The summed E-state index contributed by atoms with van der Waals surface area (Å²) in [5.74, 6) is -1.94. The molecule has 0 unspecified atom stereocenters. The van der Waals surface area contributed by atoms with Crippen molar-refractivity contribution in [1.82, 2.24) is 24.7 Å². The van der Waals surface area contributed by atoms with Gasteiger partial charge in [0.05, 0.1) is 5.39 Å². The minimum absolute atomic E-state index is 0.150. The Morgan fingerprint density at radius 1 is 1.24 bits per heavy atom. The summed E-state index contributed by atoms with van der Waals surface area (Å²) < 4.78 is 39.0. The van der Waals surface area contributed by atoms with E-state index in [0.29, 0.717) is 17.6 Å². The molecule has 11 nitrogen and oxygen atoms in total. The summed E-state index contributed by atoms with van der Waals surface area (Å²) >= 11 is 0. The average Bonchev–Trinajstić information content (AvgIpc) is 3.32. The highest BCUT2D eigenvalue weighted by Gasteiger charge is 2.38. The molecule has 0 amide bonds. The normalized spacial score (nSPS) is 11.5. The van der Waals surface area contributed by atoms with Gasteiger partial charge in [0.1, 0.15) is 23.4 Å². The van der Waals surface area contributed by atoms with Gasteiger partial charge in [0.2, 0.25) is 0 Å². The van der Waals surface area contributed by atoms with Gasteiger partial charge in [-0.25, -0.2) is 19.4 Å². The number of oxazole rings is 1. The number of hydrogen-bond acceptors (Lipinski definition) is 9. The second-order valence-corrected chi connectivity index (χ2v) is 7.40. The number of aliphatic carboxylic acids is 1. The third-order valence-corrected chi connectivity index (χ3v) is 4.68. The van der Waals surface area contributed by atoms with Gasteiger partial charge in [-0.3, -0.25) is 0 Å². The highest BCUT2D eigenvalue weighted by Crippen LogP contribution is 2.34. The summed E-state index contributed by atoms with van der Waals surface area (Å²) in [4.78, 5) is 24.0. The fraction of sp³-hybridized carbons (Fsp3) is 0.350. The van der Waals surface area contributed by atoms with Crippen LogP contribution in [-0.2, 0) is 11.3 Å². The van der Waals surface area contributed by atoms with Gasteiger partial charge in [-0.15, -0.1) is 0 Å². The zero-order chi connectivity index (χ0) is 25.0. The molecule has 0 aliphatic heterocycles. The van der Waals surface area contributed by atoms with Crippen molar-refractivity contribution >= 4 is 39.9 Å². The highest BCUT2D eigenvalue weighted by molar-refractivity contribution is 6.00. The molecule has 14 heteroatoms. The molecule has 0 aliphatic rings. The third-order valence-electron chi connectivity index (χ3n) is 4.68. The third kappa shape index (κ3) is 5.33. The molecule has 1 aromatic carbocycles. The number of fused-ring (bicyclic) bond motifs is 2. The number of carbonyl (C=O) groups is 1. The number of anilines is 2. The molecule has 0 saturated heterocycles. The first-order valence-corrected chi connectivity index (χ1v) is 10.1. The van der Waals surface area contributed by atoms with Crippen molar-refractivity contribution in [3.05, 3.63) is 24.5 Å². The lowest BCUT2D eigenvalue weighted by Gasteiger charge is -2.12. The van der Waals surface area contributed by atoms with Crippen LogP contribution in [0.15, 0.2) is 28.9 Å². The Balaban J connectivity index is 0.000000406. The van der Waals surface area contributed by atoms with Gasteiger partial charge < -0.3 is 25.9 Å². The van der Waals surface area contributed by atoms with Crippen LogP contribution in [-0.4, -0.2) is 62.6 Å². The van der Waals surface area contributed by atoms with Crippen LogP contribution in [0.3, 0.4) is 0 Å². The van der Waals surface area contributed by atoms with E-state index in [1.54, 1.807) is 6.33 Å². The lowest BCUT2D eigenvalue weighted by atomic mass is 10.1. The average molecular weight is 480 g/mol. The van der Waals surface area contributed by atoms with Gasteiger partial charge in [-0.1, -0.05) is 0 Å². The highest BCUT2D eigenvalue weighted by atomic mass is 19.4. The Labute approximate surface area is 191 Å². The fourth-order valence-corrected chi connectivity index (χ4v) is 3.19. The van der Waals surface area contributed by atoms with Crippen LogP contribution in [0.25, 0.3) is 33.4 Å². The zero-order valence-corrected chi connectivity index (χ0v) is 18.4. The largest absolute Gasteiger partial charge is 0.490 e. The monoisotopic (exact) mass is 480 g/mol. The van der Waals surface area contributed by atoms with E-state index >= 15 is 0 Å². The van der Waals surface area contributed by atoms with Crippen molar-refractivity contribution < 1.29 is 27.5 Å². The molecule has 4 aromatic rings. The number of hydrogen-bond donors (Lipinski definition) is 3. The van der Waals surface area contributed by atoms with Crippen LogP contribution >= 0.6 is 0 Å². The van der Waals surface area contributed by atoms with E-state index in [1.165, 1.54) is 0 Å². The van der Waals surface area contributed by atoms with Gasteiger partial charge in [0.25, 0.3) is 6.01 Å². The Morgan fingerprint density at radius 3 is 2.56 bits per heavy atom. The van der Waals surface area contributed by atoms with Crippen molar-refractivity contribution in [2.75, 3.05) is 31.3 Å². The summed E-state index contributed by atoms with van der Waals surface area (Å²) in [7, 11) is 3.91. The molecule has 0 saturated carbocycles. The minimum atomic E-state index is -5.08. The number of aryl methyl sites for hydroxylation is 1. The molecule has 4 rings (SSSR count). The maximum absolute atomic E-state index is 10.6. The summed E-state index contributed by atoms with van der Waals surface area (Å²) in [5, 5.41) is 12.9. The van der Waals surface area contributed by atoms with Gasteiger partial charge in [0.15, 0.2) is 11.2 Å². The van der Waals surface area contributed by atoms with Crippen molar-refractivity contribution in [2.24, 2.45) is 5.73 Å². The molecular formula is C20H23F3N8O3. The quantitative estimate of drug-likeness (QED) is 0.350. The molecule has 0 aliphatic carbocycles. The van der Waals surface area contributed by atoms with Crippen LogP contribution in [0.2, 0.25) is 0 Å². The van der Waals surface area contributed by atoms with Crippen molar-refractivity contribution in [2.45, 2.75) is 25.6 Å². The first-order chi connectivity index (χ1) is 16.0. The van der Waals surface area contributed by atoms with Crippen LogP contribution in [0.1, 0.15) is 12.8 Å². The number of halogens is 3. The smallest absolute Gasteiger partial charge is 0.475 e. The molecular weight excluding hydrogens is 457 g/mol. The number of rotatable bonds is 6. The number of carboxylic acids is 1. The summed E-state index contributed by atoms with van der Waals surface area (Å²) in [6.07, 6.45) is -1.64. The van der Waals surface area contributed by atoms with E-state index in [9.17, 15) is 13.2 Å². The first-order valence-electron chi connectivity index (χ1n) is 10.1. The van der Waals surface area contributed by atoms with Crippen molar-refractivity contribution in [3.63, 3.8) is 0 Å². The maximum Gasteiger partial charge on any atom is 0.490 e. The zero-order valence-electron chi connectivity index (χ0n) is 18.4. The molecule has 0 radical (unpaired) electrons. The van der Waals surface area contributed by atoms with Crippen molar-refractivity contribution in [3.8, 4) is 11.3 Å². The number of aromatic nitrogens is 5. The topological polar surface area (TPSA) is 162 Å². The van der Waals surface area contributed by atoms with E-state index in [4.69, 9.17) is 30.9 Å².